The van der Waals surface area contributed by atoms with E-state index in [4.69, 9.17) is 14.0 Å². The van der Waals surface area contributed by atoms with Gasteiger partial charge in [-0.15, -0.1) is 0 Å². The summed E-state index contributed by atoms with van der Waals surface area (Å²) in [7, 11) is 1.39. The number of hydrogen-bond acceptors (Lipinski definition) is 8. The Kier molecular flexibility index (Phi) is 6.11. The maximum absolute atomic E-state index is 13.0. The van der Waals surface area contributed by atoms with Crippen LogP contribution in [-0.4, -0.2) is 70.9 Å². The first-order valence-electron chi connectivity index (χ1n) is 8.33. The molecule has 0 spiro atoms. The topological polar surface area (TPSA) is 127 Å². The van der Waals surface area contributed by atoms with E-state index in [-0.39, 0.29) is 43.0 Å². The molecule has 1 aliphatic heterocycles. The zero-order valence-corrected chi connectivity index (χ0v) is 14.5. The van der Waals surface area contributed by atoms with Gasteiger partial charge >= 0.3 is 0 Å². The highest BCUT2D eigenvalue weighted by atomic mass is 19.1. The van der Waals surface area contributed by atoms with E-state index in [0.717, 1.165) is 0 Å². The van der Waals surface area contributed by atoms with Crippen molar-refractivity contribution in [1.29, 1.82) is 0 Å². The molecule has 27 heavy (non-hydrogen) atoms. The van der Waals surface area contributed by atoms with E-state index in [1.165, 1.54) is 31.4 Å². The van der Waals surface area contributed by atoms with Crippen molar-refractivity contribution in [2.75, 3.05) is 20.3 Å². The Morgan fingerprint density at radius 3 is 2.67 bits per heavy atom. The molecule has 3 rings (SSSR count). The number of nitrogens with zero attached hydrogens (tertiary/aromatic N) is 2. The first-order chi connectivity index (χ1) is 13.0. The van der Waals surface area contributed by atoms with Crippen LogP contribution in [0.3, 0.4) is 0 Å². The Labute approximate surface area is 154 Å². The lowest BCUT2D eigenvalue weighted by atomic mass is 10.1. The number of ether oxygens (including phenoxy) is 2. The first-order valence-corrected chi connectivity index (χ1v) is 8.33. The number of aliphatic hydroxyl groups excluding tert-OH is 2. The predicted molar refractivity (Wildman–Crippen MR) is 89.0 cm³/mol. The van der Waals surface area contributed by atoms with Gasteiger partial charge in [-0.1, -0.05) is 5.16 Å². The molecule has 4 atom stereocenters. The largest absolute Gasteiger partial charge is 0.388 e. The van der Waals surface area contributed by atoms with Crippen molar-refractivity contribution in [3.05, 3.63) is 36.0 Å². The highest BCUT2D eigenvalue weighted by molar-refractivity contribution is 5.77. The minimum atomic E-state index is -1.17. The van der Waals surface area contributed by atoms with Gasteiger partial charge in [0, 0.05) is 19.2 Å². The van der Waals surface area contributed by atoms with Crippen LogP contribution in [0.25, 0.3) is 11.4 Å². The molecule has 2 heterocycles. The number of benzene rings is 1. The molecule has 146 valence electrons. The number of rotatable bonds is 7. The van der Waals surface area contributed by atoms with Gasteiger partial charge in [-0.25, -0.2) is 4.39 Å². The summed E-state index contributed by atoms with van der Waals surface area (Å²) in [4.78, 5) is 15.6. The standard InChI is InChI=1S/C17H20FN3O6/c1-25-8-13(22)19-7-12-16(24)15(23)11(26-12)6-14-20-17(21-27-14)9-2-4-10(18)5-3-9/h2-5,11-12,15-16,23-24H,6-8H2,1H3,(H,19,22). The van der Waals surface area contributed by atoms with E-state index in [2.05, 4.69) is 15.5 Å². The second-order valence-electron chi connectivity index (χ2n) is 6.15. The molecule has 1 saturated heterocycles. The number of nitrogens with one attached hydrogen (secondary N) is 1. The van der Waals surface area contributed by atoms with E-state index in [0.29, 0.717) is 5.56 Å². The number of methoxy groups -OCH3 is 1. The summed E-state index contributed by atoms with van der Waals surface area (Å²) in [6.45, 7) is -0.0788. The Hall–Kier alpha value is -2.40. The van der Waals surface area contributed by atoms with Crippen LogP contribution in [0.15, 0.2) is 28.8 Å². The normalized spacial score (nSPS) is 24.9. The van der Waals surface area contributed by atoms with Crippen molar-refractivity contribution in [3.8, 4) is 11.4 Å². The zero-order valence-electron chi connectivity index (χ0n) is 14.5. The summed E-state index contributed by atoms with van der Waals surface area (Å²) >= 11 is 0. The molecule has 0 aliphatic carbocycles. The van der Waals surface area contributed by atoms with Gasteiger partial charge in [0.15, 0.2) is 0 Å². The fourth-order valence-electron chi connectivity index (χ4n) is 2.79. The van der Waals surface area contributed by atoms with Crippen molar-refractivity contribution in [1.82, 2.24) is 15.5 Å². The lowest BCUT2D eigenvalue weighted by molar-refractivity contribution is -0.125. The molecule has 0 radical (unpaired) electrons. The fourth-order valence-corrected chi connectivity index (χ4v) is 2.79. The molecule has 3 N–H and O–H groups in total. The Morgan fingerprint density at radius 1 is 1.26 bits per heavy atom. The van der Waals surface area contributed by atoms with E-state index < -0.39 is 24.4 Å². The number of carbonyl (C=O) groups is 1. The molecular weight excluding hydrogens is 361 g/mol. The summed E-state index contributed by atoms with van der Waals surface area (Å²) in [5.74, 6) is -0.245. The minimum Gasteiger partial charge on any atom is -0.388 e. The van der Waals surface area contributed by atoms with Crippen LogP contribution in [0.2, 0.25) is 0 Å². The van der Waals surface area contributed by atoms with Crippen LogP contribution < -0.4 is 5.32 Å². The smallest absolute Gasteiger partial charge is 0.246 e. The van der Waals surface area contributed by atoms with Crippen LogP contribution in [0, 0.1) is 5.82 Å². The third kappa shape index (κ3) is 4.66. The quantitative estimate of drug-likeness (QED) is 0.595. The van der Waals surface area contributed by atoms with Gasteiger partial charge in [0.1, 0.15) is 30.7 Å². The highest BCUT2D eigenvalue weighted by Gasteiger charge is 2.43. The average molecular weight is 381 g/mol. The molecule has 1 aliphatic rings. The Bertz CT molecular complexity index is 768. The number of amides is 1. The lowest BCUT2D eigenvalue weighted by Gasteiger charge is -2.15. The number of carbonyl (C=O) groups excluding carboxylic acids is 1. The molecule has 4 unspecified atom stereocenters. The zero-order chi connectivity index (χ0) is 19.4. The second kappa shape index (κ2) is 8.53. The molecule has 0 bridgehead atoms. The van der Waals surface area contributed by atoms with Gasteiger partial charge in [0.25, 0.3) is 0 Å². The van der Waals surface area contributed by atoms with Crippen molar-refractivity contribution < 1.29 is 33.4 Å². The summed E-state index contributed by atoms with van der Waals surface area (Å²) in [6, 6.07) is 5.61. The van der Waals surface area contributed by atoms with Crippen LogP contribution >= 0.6 is 0 Å². The van der Waals surface area contributed by atoms with Crippen molar-refractivity contribution in [3.63, 3.8) is 0 Å². The number of halogens is 1. The molecule has 2 aromatic rings. The lowest BCUT2D eigenvalue weighted by Crippen LogP contribution is -2.40. The predicted octanol–water partition coefficient (Wildman–Crippen LogP) is -0.330. The average Bonchev–Trinajstić information content (AvgIpc) is 3.21. The minimum absolute atomic E-state index is 0.0293. The van der Waals surface area contributed by atoms with Gasteiger partial charge in [-0.3, -0.25) is 4.79 Å². The molecule has 10 heteroatoms. The van der Waals surface area contributed by atoms with Crippen molar-refractivity contribution >= 4 is 5.91 Å². The third-order valence-electron chi connectivity index (χ3n) is 4.18. The monoisotopic (exact) mass is 381 g/mol. The Morgan fingerprint density at radius 2 is 1.96 bits per heavy atom. The van der Waals surface area contributed by atoms with Gasteiger partial charge in [-0.05, 0) is 24.3 Å². The van der Waals surface area contributed by atoms with Crippen LogP contribution in [-0.2, 0) is 20.7 Å². The number of aromatic nitrogens is 2. The van der Waals surface area contributed by atoms with Gasteiger partial charge in [-0.2, -0.15) is 4.98 Å². The maximum Gasteiger partial charge on any atom is 0.246 e. The van der Waals surface area contributed by atoms with E-state index >= 15 is 0 Å². The molecule has 1 aromatic carbocycles. The highest BCUT2D eigenvalue weighted by Crippen LogP contribution is 2.24. The Balaban J connectivity index is 1.59. The summed E-state index contributed by atoms with van der Waals surface area (Å²) in [6.07, 6.45) is -3.81. The fraction of sp³-hybridized carbons (Fsp3) is 0.471. The van der Waals surface area contributed by atoms with Gasteiger partial charge < -0.3 is 29.5 Å². The van der Waals surface area contributed by atoms with E-state index in [1.54, 1.807) is 0 Å². The maximum atomic E-state index is 13.0. The van der Waals surface area contributed by atoms with Crippen molar-refractivity contribution in [2.45, 2.75) is 30.8 Å². The number of aliphatic hydroxyl groups is 2. The first kappa shape index (κ1) is 19.4. The van der Waals surface area contributed by atoms with Crippen molar-refractivity contribution in [2.24, 2.45) is 0 Å². The molecule has 9 nitrogen and oxygen atoms in total. The van der Waals surface area contributed by atoms with E-state index in [1.807, 2.05) is 0 Å². The molecular formula is C17H20FN3O6. The summed E-state index contributed by atoms with van der Waals surface area (Å²) in [5.41, 5.74) is 0.582. The van der Waals surface area contributed by atoms with Gasteiger partial charge in [0.2, 0.25) is 17.6 Å². The van der Waals surface area contributed by atoms with Crippen LogP contribution in [0.5, 0.6) is 0 Å². The third-order valence-corrected chi connectivity index (χ3v) is 4.18. The number of hydrogen-bond donors (Lipinski definition) is 3. The molecule has 1 amide bonds. The summed E-state index contributed by atoms with van der Waals surface area (Å²) in [5, 5.41) is 26.6. The van der Waals surface area contributed by atoms with Crippen LogP contribution in [0.1, 0.15) is 5.89 Å². The summed E-state index contributed by atoms with van der Waals surface area (Å²) < 4.78 is 28.4. The SMILES string of the molecule is COCC(=O)NCC1OC(Cc2nc(-c3ccc(F)cc3)no2)C(O)C1O. The van der Waals surface area contributed by atoms with Crippen LogP contribution in [0.4, 0.5) is 4.39 Å². The molecule has 0 saturated carbocycles. The second-order valence-corrected chi connectivity index (χ2v) is 6.15. The van der Waals surface area contributed by atoms with Gasteiger partial charge in [0.05, 0.1) is 12.5 Å². The van der Waals surface area contributed by atoms with E-state index in [9.17, 15) is 19.4 Å². The molecule has 1 aromatic heterocycles. The molecule has 1 fully saturated rings.